The van der Waals surface area contributed by atoms with Crippen LogP contribution in [0.3, 0.4) is 0 Å². The highest BCUT2D eigenvalue weighted by molar-refractivity contribution is 5.76. The van der Waals surface area contributed by atoms with Crippen molar-refractivity contribution in [3.8, 4) is 0 Å². The molecule has 28 heavy (non-hydrogen) atoms. The van der Waals surface area contributed by atoms with Crippen molar-refractivity contribution in [2.75, 3.05) is 44.3 Å². The summed E-state index contributed by atoms with van der Waals surface area (Å²) in [5.41, 5.74) is 1.52. The van der Waals surface area contributed by atoms with E-state index in [0.717, 1.165) is 39.0 Å². The minimum absolute atomic E-state index is 0.132. The maximum Gasteiger partial charge on any atom is 0.255 e. The first-order valence-corrected chi connectivity index (χ1v) is 10.5. The van der Waals surface area contributed by atoms with Crippen molar-refractivity contribution < 1.29 is 9.53 Å². The molecule has 1 aromatic heterocycles. The summed E-state index contributed by atoms with van der Waals surface area (Å²) in [6, 6.07) is 0. The Kier molecular flexibility index (Phi) is 6.43. The first-order valence-electron chi connectivity index (χ1n) is 10.5. The van der Waals surface area contributed by atoms with Crippen molar-refractivity contribution in [3.05, 3.63) is 21.6 Å². The number of aromatic amines is 1. The van der Waals surface area contributed by atoms with Gasteiger partial charge in [0.2, 0.25) is 11.9 Å². The fraction of sp³-hybridized carbons (Fsp3) is 0.762. The molecule has 2 fully saturated rings. The number of H-pyrrole nitrogens is 1. The SMILES string of the molecule is Cc1nc(N2CCOCC2)[nH]c(=O)c1CCC(=O)N1CCC(C)(C(C)C)CC1. The predicted octanol–water partition coefficient (Wildman–Crippen LogP) is 2.13. The minimum Gasteiger partial charge on any atom is -0.378 e. The average Bonchev–Trinajstić information content (AvgIpc) is 2.68. The van der Waals surface area contributed by atoms with Gasteiger partial charge in [-0.15, -0.1) is 0 Å². The van der Waals surface area contributed by atoms with Gasteiger partial charge in [-0.25, -0.2) is 4.98 Å². The lowest BCUT2D eigenvalue weighted by molar-refractivity contribution is -0.133. The van der Waals surface area contributed by atoms with Gasteiger partial charge < -0.3 is 14.5 Å². The van der Waals surface area contributed by atoms with E-state index in [4.69, 9.17) is 4.74 Å². The third-order valence-corrected chi connectivity index (χ3v) is 6.76. The van der Waals surface area contributed by atoms with Crippen LogP contribution in [-0.4, -0.2) is 60.2 Å². The highest BCUT2D eigenvalue weighted by atomic mass is 16.5. The summed E-state index contributed by atoms with van der Waals surface area (Å²) in [6.45, 7) is 13.1. The second kappa shape index (κ2) is 8.64. The second-order valence-corrected chi connectivity index (χ2v) is 8.74. The van der Waals surface area contributed by atoms with Crippen molar-refractivity contribution in [1.29, 1.82) is 0 Å². The van der Waals surface area contributed by atoms with Gasteiger partial charge in [0.05, 0.1) is 13.2 Å². The number of rotatable bonds is 5. The molecule has 7 nitrogen and oxygen atoms in total. The minimum atomic E-state index is -0.132. The van der Waals surface area contributed by atoms with Gasteiger partial charge in [-0.2, -0.15) is 0 Å². The van der Waals surface area contributed by atoms with Crippen molar-refractivity contribution in [1.82, 2.24) is 14.9 Å². The number of aryl methyl sites for hydroxylation is 1. The lowest BCUT2D eigenvalue weighted by atomic mass is 9.72. The van der Waals surface area contributed by atoms with E-state index in [2.05, 4.69) is 30.7 Å². The van der Waals surface area contributed by atoms with E-state index in [1.165, 1.54) is 0 Å². The Morgan fingerprint density at radius 1 is 1.21 bits per heavy atom. The highest BCUT2D eigenvalue weighted by Gasteiger charge is 2.34. The molecule has 0 aromatic carbocycles. The summed E-state index contributed by atoms with van der Waals surface area (Å²) < 4.78 is 5.35. The van der Waals surface area contributed by atoms with Crippen LogP contribution in [0.4, 0.5) is 5.95 Å². The summed E-state index contributed by atoms with van der Waals surface area (Å²) in [5.74, 6) is 1.37. The van der Waals surface area contributed by atoms with Crippen LogP contribution in [0.1, 0.15) is 51.3 Å². The third kappa shape index (κ3) is 4.57. The van der Waals surface area contributed by atoms with Gasteiger partial charge in [-0.05, 0) is 37.5 Å². The second-order valence-electron chi connectivity index (χ2n) is 8.74. The monoisotopic (exact) mass is 390 g/mol. The fourth-order valence-electron chi connectivity index (χ4n) is 4.05. The summed E-state index contributed by atoms with van der Waals surface area (Å²) >= 11 is 0. The number of ether oxygens (including phenoxy) is 1. The number of piperidine rings is 1. The topological polar surface area (TPSA) is 78.5 Å². The summed E-state index contributed by atoms with van der Waals surface area (Å²) in [5, 5.41) is 0. The van der Waals surface area contributed by atoms with Gasteiger partial charge in [-0.3, -0.25) is 14.6 Å². The molecule has 0 spiro atoms. The van der Waals surface area contributed by atoms with E-state index in [1.807, 2.05) is 16.7 Å². The maximum absolute atomic E-state index is 12.7. The average molecular weight is 391 g/mol. The molecular formula is C21H34N4O3. The molecule has 1 amide bonds. The van der Waals surface area contributed by atoms with Gasteiger partial charge in [-0.1, -0.05) is 20.8 Å². The number of hydrogen-bond acceptors (Lipinski definition) is 5. The van der Waals surface area contributed by atoms with Crippen molar-refractivity contribution >= 4 is 11.9 Å². The molecule has 2 aliphatic rings. The predicted molar refractivity (Wildman–Crippen MR) is 110 cm³/mol. The van der Waals surface area contributed by atoms with Gasteiger partial charge >= 0.3 is 0 Å². The standard InChI is InChI=1S/C21H34N4O3/c1-15(2)21(4)7-9-24(10-8-21)18(26)6-5-17-16(3)22-20(23-19(17)27)25-11-13-28-14-12-25/h15H,5-14H2,1-4H3,(H,22,23,27). The van der Waals surface area contributed by atoms with Crippen molar-refractivity contribution in [2.24, 2.45) is 11.3 Å². The number of hydrogen-bond donors (Lipinski definition) is 1. The number of nitrogens with one attached hydrogen (secondary N) is 1. The molecule has 0 aliphatic carbocycles. The van der Waals surface area contributed by atoms with E-state index < -0.39 is 0 Å². The number of aromatic nitrogens is 2. The van der Waals surface area contributed by atoms with E-state index in [0.29, 0.717) is 54.6 Å². The van der Waals surface area contributed by atoms with Crippen LogP contribution in [-0.2, 0) is 16.0 Å². The Morgan fingerprint density at radius 2 is 1.86 bits per heavy atom. The van der Waals surface area contributed by atoms with Crippen LogP contribution in [0.2, 0.25) is 0 Å². The smallest absolute Gasteiger partial charge is 0.255 e. The maximum atomic E-state index is 12.7. The van der Waals surface area contributed by atoms with Crippen LogP contribution >= 0.6 is 0 Å². The first kappa shape index (κ1) is 20.8. The van der Waals surface area contributed by atoms with Gasteiger partial charge in [0, 0.05) is 43.9 Å². The molecule has 3 rings (SSSR count). The van der Waals surface area contributed by atoms with Crippen LogP contribution in [0.25, 0.3) is 0 Å². The molecule has 0 unspecified atom stereocenters. The fourth-order valence-corrected chi connectivity index (χ4v) is 4.05. The number of carbonyl (C=O) groups excluding carboxylic acids is 1. The molecule has 7 heteroatoms. The molecule has 0 atom stereocenters. The molecule has 1 N–H and O–H groups in total. The Balaban J connectivity index is 1.58. The van der Waals surface area contributed by atoms with Crippen LogP contribution in [0, 0.1) is 18.3 Å². The quantitative estimate of drug-likeness (QED) is 0.833. The Hall–Kier alpha value is -1.89. The van der Waals surface area contributed by atoms with Gasteiger partial charge in [0.25, 0.3) is 5.56 Å². The van der Waals surface area contributed by atoms with Crippen molar-refractivity contribution in [3.63, 3.8) is 0 Å². The van der Waals surface area contributed by atoms with Crippen molar-refractivity contribution in [2.45, 2.75) is 53.4 Å². The lowest BCUT2D eigenvalue weighted by Crippen LogP contribution is -2.44. The zero-order valence-electron chi connectivity index (χ0n) is 17.7. The Bertz CT molecular complexity index is 745. The third-order valence-electron chi connectivity index (χ3n) is 6.76. The van der Waals surface area contributed by atoms with E-state index in [1.54, 1.807) is 0 Å². The molecule has 2 saturated heterocycles. The first-order chi connectivity index (χ1) is 13.3. The number of morpholine rings is 1. The molecule has 0 saturated carbocycles. The van der Waals surface area contributed by atoms with E-state index >= 15 is 0 Å². The zero-order chi connectivity index (χ0) is 20.3. The number of carbonyl (C=O) groups is 1. The summed E-state index contributed by atoms with van der Waals surface area (Å²) in [6.07, 6.45) is 2.90. The van der Waals surface area contributed by atoms with Gasteiger partial charge in [0.15, 0.2) is 0 Å². The van der Waals surface area contributed by atoms with Gasteiger partial charge in [0.1, 0.15) is 0 Å². The molecule has 0 radical (unpaired) electrons. The molecule has 0 bridgehead atoms. The number of anilines is 1. The van der Waals surface area contributed by atoms with Crippen LogP contribution < -0.4 is 10.5 Å². The number of nitrogens with zero attached hydrogens (tertiary/aromatic N) is 3. The van der Waals surface area contributed by atoms with E-state index in [9.17, 15) is 9.59 Å². The largest absolute Gasteiger partial charge is 0.378 e. The highest BCUT2D eigenvalue weighted by Crippen LogP contribution is 2.38. The zero-order valence-corrected chi connectivity index (χ0v) is 17.7. The molecular weight excluding hydrogens is 356 g/mol. The molecule has 2 aliphatic heterocycles. The molecule has 156 valence electrons. The summed E-state index contributed by atoms with van der Waals surface area (Å²) in [7, 11) is 0. The van der Waals surface area contributed by atoms with Crippen LogP contribution in [0.5, 0.6) is 0 Å². The Labute approximate surface area is 167 Å². The summed E-state index contributed by atoms with van der Waals surface area (Å²) in [4.78, 5) is 36.7. The normalized spacial score (nSPS) is 19.9. The molecule has 3 heterocycles. The van der Waals surface area contributed by atoms with Crippen LogP contribution in [0.15, 0.2) is 4.79 Å². The molecule has 1 aromatic rings. The number of amides is 1. The van der Waals surface area contributed by atoms with E-state index in [-0.39, 0.29) is 11.5 Å². The lowest BCUT2D eigenvalue weighted by Gasteiger charge is -2.42. The number of likely N-dealkylation sites (tertiary alicyclic amines) is 1. The Morgan fingerprint density at radius 3 is 2.43 bits per heavy atom.